The Morgan fingerprint density at radius 1 is 1.19 bits per heavy atom. The zero-order valence-corrected chi connectivity index (χ0v) is 19.8. The van der Waals surface area contributed by atoms with Crippen LogP contribution in [0.15, 0.2) is 30.3 Å². The van der Waals surface area contributed by atoms with Crippen molar-refractivity contribution >= 4 is 34.0 Å². The van der Waals surface area contributed by atoms with Gasteiger partial charge in [-0.25, -0.2) is 0 Å². The highest BCUT2D eigenvalue weighted by atomic mass is 32.1. The highest BCUT2D eigenvalue weighted by Gasteiger charge is 2.23. The SMILES string of the molecule is COc1ccc(/C(C#N)=C/c2ccc(N3CCC(OC(=O)CN(C)C)CC3)s2)cc1OC. The highest BCUT2D eigenvalue weighted by molar-refractivity contribution is 7.17. The number of benzene rings is 1. The molecule has 0 radical (unpaired) electrons. The Morgan fingerprint density at radius 3 is 2.53 bits per heavy atom. The Morgan fingerprint density at radius 2 is 1.91 bits per heavy atom. The van der Waals surface area contributed by atoms with Gasteiger partial charge in [0.1, 0.15) is 6.10 Å². The van der Waals surface area contributed by atoms with Gasteiger partial charge in [-0.1, -0.05) is 0 Å². The van der Waals surface area contributed by atoms with Crippen LogP contribution >= 0.6 is 11.3 Å². The summed E-state index contributed by atoms with van der Waals surface area (Å²) in [6, 6.07) is 11.9. The molecule has 0 amide bonds. The lowest BCUT2D eigenvalue weighted by molar-refractivity contribution is -0.150. The van der Waals surface area contributed by atoms with Crippen molar-refractivity contribution in [1.29, 1.82) is 5.26 Å². The lowest BCUT2D eigenvalue weighted by Crippen LogP contribution is -2.38. The number of esters is 1. The van der Waals surface area contributed by atoms with Gasteiger partial charge in [0.2, 0.25) is 0 Å². The molecule has 0 bridgehead atoms. The average molecular weight is 456 g/mol. The number of nitrogens with zero attached hydrogens (tertiary/aromatic N) is 3. The maximum Gasteiger partial charge on any atom is 0.320 e. The second kappa shape index (κ2) is 11.0. The molecule has 0 aliphatic carbocycles. The summed E-state index contributed by atoms with van der Waals surface area (Å²) < 4.78 is 16.2. The maximum absolute atomic E-state index is 11.9. The van der Waals surface area contributed by atoms with E-state index in [0.717, 1.165) is 41.4 Å². The molecule has 0 unspecified atom stereocenters. The highest BCUT2D eigenvalue weighted by Crippen LogP contribution is 2.34. The summed E-state index contributed by atoms with van der Waals surface area (Å²) in [6.07, 6.45) is 3.51. The Bertz CT molecular complexity index is 1000. The Labute approximate surface area is 193 Å². The van der Waals surface area contributed by atoms with E-state index in [1.165, 1.54) is 0 Å². The van der Waals surface area contributed by atoms with E-state index in [1.807, 2.05) is 43.3 Å². The lowest BCUT2D eigenvalue weighted by atomic mass is 10.1. The first-order valence-electron chi connectivity index (χ1n) is 10.5. The number of thiophene rings is 1. The van der Waals surface area contributed by atoms with Crippen LogP contribution < -0.4 is 14.4 Å². The first-order valence-corrected chi connectivity index (χ1v) is 11.3. The molecule has 1 aliphatic heterocycles. The zero-order valence-electron chi connectivity index (χ0n) is 19.0. The van der Waals surface area contributed by atoms with E-state index < -0.39 is 0 Å². The van der Waals surface area contributed by atoms with Gasteiger partial charge in [0.05, 0.1) is 37.4 Å². The third-order valence-corrected chi connectivity index (χ3v) is 6.30. The van der Waals surface area contributed by atoms with Crippen molar-refractivity contribution in [3.63, 3.8) is 0 Å². The van der Waals surface area contributed by atoms with Crippen molar-refractivity contribution in [1.82, 2.24) is 4.90 Å². The van der Waals surface area contributed by atoms with E-state index in [9.17, 15) is 10.1 Å². The molecule has 0 spiro atoms. The van der Waals surface area contributed by atoms with Crippen LogP contribution in [0.3, 0.4) is 0 Å². The average Bonchev–Trinajstić information content (AvgIpc) is 3.25. The van der Waals surface area contributed by atoms with Crippen LogP contribution in [0.4, 0.5) is 5.00 Å². The van der Waals surface area contributed by atoms with Gasteiger partial charge in [-0.15, -0.1) is 11.3 Å². The van der Waals surface area contributed by atoms with Gasteiger partial charge < -0.3 is 19.1 Å². The Hall–Kier alpha value is -3.02. The maximum atomic E-state index is 11.9. The van der Waals surface area contributed by atoms with Crippen molar-refractivity contribution in [2.45, 2.75) is 18.9 Å². The van der Waals surface area contributed by atoms with Crippen LogP contribution in [-0.2, 0) is 9.53 Å². The summed E-state index contributed by atoms with van der Waals surface area (Å²) in [4.78, 5) is 17.0. The topological polar surface area (TPSA) is 75.0 Å². The fourth-order valence-corrected chi connectivity index (χ4v) is 4.59. The monoisotopic (exact) mass is 455 g/mol. The zero-order chi connectivity index (χ0) is 23.1. The standard InChI is InChI=1S/C24H29N3O4S/c1-26(2)16-24(28)31-19-9-11-27(12-10-19)23-8-6-20(32-23)13-18(15-25)17-5-7-21(29-3)22(14-17)30-4/h5-8,13-14,19H,9-12,16H2,1-4H3/b18-13+. The molecule has 0 atom stereocenters. The second-order valence-electron chi connectivity index (χ2n) is 7.83. The van der Waals surface area contributed by atoms with Crippen LogP contribution in [0.25, 0.3) is 11.6 Å². The molecule has 0 N–H and O–H groups in total. The predicted octanol–water partition coefficient (Wildman–Crippen LogP) is 3.90. The molecular formula is C24H29N3O4S. The minimum atomic E-state index is -0.170. The first kappa shape index (κ1) is 23.6. The van der Waals surface area contributed by atoms with E-state index in [0.29, 0.717) is 23.6 Å². The van der Waals surface area contributed by atoms with Crippen LogP contribution in [0.5, 0.6) is 11.5 Å². The number of nitriles is 1. The van der Waals surface area contributed by atoms with Crippen molar-refractivity contribution in [2.24, 2.45) is 0 Å². The van der Waals surface area contributed by atoms with Gasteiger partial charge in [-0.3, -0.25) is 9.69 Å². The number of carbonyl (C=O) groups is 1. The van der Waals surface area contributed by atoms with Gasteiger partial charge in [-0.2, -0.15) is 5.26 Å². The molecule has 1 aliphatic rings. The number of allylic oxidation sites excluding steroid dienone is 1. The molecule has 1 aromatic heterocycles. The summed E-state index contributed by atoms with van der Waals surface area (Å²) in [6.45, 7) is 1.98. The third kappa shape index (κ3) is 6.02. The second-order valence-corrected chi connectivity index (χ2v) is 8.92. The van der Waals surface area contributed by atoms with Gasteiger partial charge in [-0.05, 0) is 56.1 Å². The number of hydrogen-bond donors (Lipinski definition) is 0. The number of likely N-dealkylation sites (N-methyl/N-ethyl adjacent to an activating group) is 1. The molecule has 0 saturated carbocycles. The molecule has 1 saturated heterocycles. The van der Waals surface area contributed by atoms with Gasteiger partial charge in [0.25, 0.3) is 0 Å². The van der Waals surface area contributed by atoms with Crippen molar-refractivity contribution in [2.75, 3.05) is 52.8 Å². The van der Waals surface area contributed by atoms with Crippen LogP contribution in [-0.4, -0.2) is 64.9 Å². The molecule has 8 heteroatoms. The van der Waals surface area contributed by atoms with Gasteiger partial charge in [0.15, 0.2) is 11.5 Å². The third-order valence-electron chi connectivity index (χ3n) is 5.21. The van der Waals surface area contributed by atoms with Crippen molar-refractivity contribution in [3.05, 3.63) is 40.8 Å². The molecule has 1 fully saturated rings. The minimum absolute atomic E-state index is 0.0201. The lowest BCUT2D eigenvalue weighted by Gasteiger charge is -2.32. The van der Waals surface area contributed by atoms with Gasteiger partial charge >= 0.3 is 5.97 Å². The van der Waals surface area contributed by atoms with E-state index in [2.05, 4.69) is 17.0 Å². The van der Waals surface area contributed by atoms with Crippen molar-refractivity contribution in [3.8, 4) is 17.6 Å². The fraction of sp³-hybridized carbons (Fsp3) is 0.417. The van der Waals surface area contributed by atoms with E-state index in [-0.39, 0.29) is 12.1 Å². The number of anilines is 1. The summed E-state index contributed by atoms with van der Waals surface area (Å²) >= 11 is 1.65. The molecule has 2 heterocycles. The molecule has 7 nitrogen and oxygen atoms in total. The molecular weight excluding hydrogens is 426 g/mol. The molecule has 170 valence electrons. The van der Waals surface area contributed by atoms with Crippen molar-refractivity contribution < 1.29 is 19.0 Å². The van der Waals surface area contributed by atoms with Crippen LogP contribution in [0.2, 0.25) is 0 Å². The molecule has 32 heavy (non-hydrogen) atoms. The summed E-state index contributed by atoms with van der Waals surface area (Å²) in [7, 11) is 6.88. The number of methoxy groups -OCH3 is 2. The van der Waals surface area contributed by atoms with E-state index in [4.69, 9.17) is 14.2 Å². The van der Waals surface area contributed by atoms with Crippen LogP contribution in [0.1, 0.15) is 23.3 Å². The van der Waals surface area contributed by atoms with E-state index in [1.54, 1.807) is 31.6 Å². The largest absolute Gasteiger partial charge is 0.493 e. The number of hydrogen-bond acceptors (Lipinski definition) is 8. The normalized spacial score (nSPS) is 14.9. The van der Waals surface area contributed by atoms with E-state index >= 15 is 0 Å². The summed E-state index contributed by atoms with van der Waals surface area (Å²) in [5, 5.41) is 10.9. The molecule has 2 aromatic rings. The smallest absolute Gasteiger partial charge is 0.320 e. The minimum Gasteiger partial charge on any atom is -0.493 e. The Kier molecular flexibility index (Phi) is 8.14. The number of carbonyl (C=O) groups excluding carboxylic acids is 1. The number of ether oxygens (including phenoxy) is 3. The Balaban J connectivity index is 1.65. The van der Waals surface area contributed by atoms with Gasteiger partial charge in [0, 0.05) is 30.8 Å². The first-order chi connectivity index (χ1) is 15.4. The summed E-state index contributed by atoms with van der Waals surface area (Å²) in [5.41, 5.74) is 1.34. The summed E-state index contributed by atoms with van der Waals surface area (Å²) in [5.74, 6) is 1.05. The molecule has 3 rings (SSSR count). The number of piperidine rings is 1. The predicted molar refractivity (Wildman–Crippen MR) is 127 cm³/mol. The molecule has 1 aromatic carbocycles. The quantitative estimate of drug-likeness (QED) is 0.441. The number of rotatable bonds is 8. The fourth-order valence-electron chi connectivity index (χ4n) is 3.59. The van der Waals surface area contributed by atoms with Crippen LogP contribution in [0, 0.1) is 11.3 Å².